The van der Waals surface area contributed by atoms with Crippen LogP contribution in [0, 0.1) is 0 Å². The summed E-state index contributed by atoms with van der Waals surface area (Å²) in [6, 6.07) is 12.3. The van der Waals surface area contributed by atoms with Crippen molar-refractivity contribution in [1.29, 1.82) is 0 Å². The van der Waals surface area contributed by atoms with Gasteiger partial charge in [-0.3, -0.25) is 4.98 Å². The number of aromatic nitrogens is 1. The van der Waals surface area contributed by atoms with Crippen LogP contribution in [0.5, 0.6) is 5.75 Å². The minimum Gasteiger partial charge on any atom is -0.497 e. The first kappa shape index (κ1) is 11.6. The van der Waals surface area contributed by atoms with Crippen molar-refractivity contribution < 1.29 is 4.74 Å². The molecule has 0 fully saturated rings. The highest BCUT2D eigenvalue weighted by molar-refractivity contribution is 5.34. The average Bonchev–Trinajstić information content (AvgIpc) is 2.42. The van der Waals surface area contributed by atoms with Crippen LogP contribution < -0.4 is 10.1 Å². The molecule has 0 amide bonds. The van der Waals surface area contributed by atoms with Gasteiger partial charge in [0.2, 0.25) is 0 Å². The van der Waals surface area contributed by atoms with E-state index in [1.165, 1.54) is 11.1 Å². The highest BCUT2D eigenvalue weighted by Gasteiger charge is 2.11. The van der Waals surface area contributed by atoms with Crippen LogP contribution in [-0.2, 0) is 0 Å². The highest BCUT2D eigenvalue weighted by Crippen LogP contribution is 2.23. The summed E-state index contributed by atoms with van der Waals surface area (Å²) in [5.74, 6) is 0.873. The predicted molar refractivity (Wildman–Crippen MR) is 68.1 cm³/mol. The third-order valence-electron chi connectivity index (χ3n) is 2.78. The zero-order chi connectivity index (χ0) is 12.1. The van der Waals surface area contributed by atoms with Crippen LogP contribution in [0.25, 0.3) is 0 Å². The van der Waals surface area contributed by atoms with Crippen LogP contribution >= 0.6 is 0 Å². The van der Waals surface area contributed by atoms with Gasteiger partial charge in [-0.05, 0) is 42.4 Å². The Morgan fingerprint density at radius 1 is 1.00 bits per heavy atom. The molecule has 1 aromatic carbocycles. The van der Waals surface area contributed by atoms with Gasteiger partial charge >= 0.3 is 0 Å². The molecule has 0 radical (unpaired) electrons. The number of nitrogens with one attached hydrogen (secondary N) is 1. The first-order chi connectivity index (χ1) is 8.35. The zero-order valence-corrected chi connectivity index (χ0v) is 10.1. The van der Waals surface area contributed by atoms with Gasteiger partial charge in [-0.1, -0.05) is 12.1 Å². The fourth-order valence-electron chi connectivity index (χ4n) is 1.88. The molecule has 2 aromatic rings. The van der Waals surface area contributed by atoms with Crippen molar-refractivity contribution in [3.63, 3.8) is 0 Å². The lowest BCUT2D eigenvalue weighted by molar-refractivity contribution is 0.414. The molecule has 1 heterocycles. The number of nitrogens with zero attached hydrogens (tertiary/aromatic N) is 1. The van der Waals surface area contributed by atoms with Crippen molar-refractivity contribution in [3.8, 4) is 5.75 Å². The number of pyridine rings is 1. The topological polar surface area (TPSA) is 34.2 Å². The smallest absolute Gasteiger partial charge is 0.118 e. The lowest BCUT2D eigenvalue weighted by Gasteiger charge is -2.17. The Bertz CT molecular complexity index is 453. The normalized spacial score (nSPS) is 12.1. The lowest BCUT2D eigenvalue weighted by Crippen LogP contribution is -2.17. The standard InChI is InChI=1S/C14H16N2O/c1-15-14(12-7-9-16-10-8-12)11-3-5-13(17-2)6-4-11/h3-10,14-15H,1-2H3. The Balaban J connectivity index is 2.29. The summed E-state index contributed by atoms with van der Waals surface area (Å²) in [7, 11) is 3.63. The first-order valence-electron chi connectivity index (χ1n) is 5.56. The summed E-state index contributed by atoms with van der Waals surface area (Å²) >= 11 is 0. The van der Waals surface area contributed by atoms with Crippen molar-refractivity contribution >= 4 is 0 Å². The summed E-state index contributed by atoms with van der Waals surface area (Å²) in [5.41, 5.74) is 2.41. The number of rotatable bonds is 4. The Hall–Kier alpha value is -1.87. The quantitative estimate of drug-likeness (QED) is 0.872. The van der Waals surface area contributed by atoms with E-state index >= 15 is 0 Å². The van der Waals surface area contributed by atoms with Crippen molar-refractivity contribution in [2.75, 3.05) is 14.2 Å². The fraction of sp³-hybridized carbons (Fsp3) is 0.214. The molecule has 0 aliphatic heterocycles. The van der Waals surface area contributed by atoms with Crippen molar-refractivity contribution in [2.45, 2.75) is 6.04 Å². The second-order valence-electron chi connectivity index (χ2n) is 3.78. The van der Waals surface area contributed by atoms with Gasteiger partial charge in [0.25, 0.3) is 0 Å². The van der Waals surface area contributed by atoms with E-state index in [1.807, 2.05) is 43.7 Å². The van der Waals surface area contributed by atoms with E-state index in [0.29, 0.717) is 0 Å². The monoisotopic (exact) mass is 228 g/mol. The molecule has 1 N–H and O–H groups in total. The lowest BCUT2D eigenvalue weighted by atomic mass is 10.00. The average molecular weight is 228 g/mol. The molecule has 0 aliphatic carbocycles. The van der Waals surface area contributed by atoms with Gasteiger partial charge in [0.1, 0.15) is 5.75 Å². The Morgan fingerprint density at radius 3 is 2.12 bits per heavy atom. The van der Waals surface area contributed by atoms with Gasteiger partial charge in [-0.15, -0.1) is 0 Å². The molecule has 3 heteroatoms. The second-order valence-corrected chi connectivity index (χ2v) is 3.78. The third-order valence-corrected chi connectivity index (χ3v) is 2.78. The van der Waals surface area contributed by atoms with E-state index in [2.05, 4.69) is 22.4 Å². The highest BCUT2D eigenvalue weighted by atomic mass is 16.5. The molecule has 0 bridgehead atoms. The van der Waals surface area contributed by atoms with E-state index in [-0.39, 0.29) is 6.04 Å². The molecule has 1 aromatic heterocycles. The molecule has 2 rings (SSSR count). The molecule has 0 saturated carbocycles. The Kier molecular flexibility index (Phi) is 3.73. The van der Waals surface area contributed by atoms with Crippen LogP contribution in [0.3, 0.4) is 0 Å². The maximum absolute atomic E-state index is 5.16. The van der Waals surface area contributed by atoms with Gasteiger partial charge in [0, 0.05) is 12.4 Å². The number of hydrogen-bond donors (Lipinski definition) is 1. The van der Waals surface area contributed by atoms with Crippen molar-refractivity contribution in [1.82, 2.24) is 10.3 Å². The van der Waals surface area contributed by atoms with E-state index in [9.17, 15) is 0 Å². The number of hydrogen-bond acceptors (Lipinski definition) is 3. The van der Waals surface area contributed by atoms with E-state index in [0.717, 1.165) is 5.75 Å². The van der Waals surface area contributed by atoms with Crippen LogP contribution in [0.4, 0.5) is 0 Å². The first-order valence-corrected chi connectivity index (χ1v) is 5.56. The van der Waals surface area contributed by atoms with Gasteiger partial charge in [-0.25, -0.2) is 0 Å². The Morgan fingerprint density at radius 2 is 1.59 bits per heavy atom. The Labute approximate surface area is 101 Å². The molecule has 1 unspecified atom stereocenters. The summed E-state index contributed by atoms with van der Waals surface area (Å²) in [6.07, 6.45) is 3.62. The van der Waals surface area contributed by atoms with Crippen LogP contribution in [0.15, 0.2) is 48.8 Å². The zero-order valence-electron chi connectivity index (χ0n) is 10.1. The van der Waals surface area contributed by atoms with Crippen molar-refractivity contribution in [3.05, 3.63) is 59.9 Å². The molecule has 0 spiro atoms. The van der Waals surface area contributed by atoms with E-state index in [4.69, 9.17) is 4.74 Å². The number of ether oxygens (including phenoxy) is 1. The SMILES string of the molecule is CNC(c1ccncc1)c1ccc(OC)cc1. The largest absolute Gasteiger partial charge is 0.497 e. The van der Waals surface area contributed by atoms with Crippen LogP contribution in [-0.4, -0.2) is 19.1 Å². The minimum absolute atomic E-state index is 0.184. The predicted octanol–water partition coefficient (Wildman–Crippen LogP) is 2.40. The van der Waals surface area contributed by atoms with Crippen molar-refractivity contribution in [2.24, 2.45) is 0 Å². The molecule has 0 aliphatic rings. The van der Waals surface area contributed by atoms with Gasteiger partial charge in [-0.2, -0.15) is 0 Å². The van der Waals surface area contributed by atoms with Crippen LogP contribution in [0.1, 0.15) is 17.2 Å². The minimum atomic E-state index is 0.184. The molecule has 3 nitrogen and oxygen atoms in total. The van der Waals surface area contributed by atoms with Crippen LogP contribution in [0.2, 0.25) is 0 Å². The molecule has 88 valence electrons. The summed E-state index contributed by atoms with van der Waals surface area (Å²) in [6.45, 7) is 0. The van der Waals surface area contributed by atoms with Gasteiger partial charge in [0.05, 0.1) is 13.2 Å². The fourth-order valence-corrected chi connectivity index (χ4v) is 1.88. The summed E-state index contributed by atoms with van der Waals surface area (Å²) < 4.78 is 5.16. The van der Waals surface area contributed by atoms with Gasteiger partial charge < -0.3 is 10.1 Å². The summed E-state index contributed by atoms with van der Waals surface area (Å²) in [4.78, 5) is 4.04. The third kappa shape index (κ3) is 2.63. The van der Waals surface area contributed by atoms with Gasteiger partial charge in [0.15, 0.2) is 0 Å². The maximum Gasteiger partial charge on any atom is 0.118 e. The van der Waals surface area contributed by atoms with E-state index in [1.54, 1.807) is 7.11 Å². The van der Waals surface area contributed by atoms with E-state index < -0.39 is 0 Å². The molecule has 0 saturated heterocycles. The number of benzene rings is 1. The number of methoxy groups -OCH3 is 1. The summed E-state index contributed by atoms with van der Waals surface area (Å²) in [5, 5.41) is 3.30. The second kappa shape index (κ2) is 5.46. The molecule has 17 heavy (non-hydrogen) atoms. The molecular formula is C14H16N2O. The molecule has 1 atom stereocenters. The molecular weight excluding hydrogens is 212 g/mol. The maximum atomic E-state index is 5.16.